The molecule has 1 N–H and O–H groups in total. The molecule has 1 aromatic carbocycles. The molecule has 1 heterocycles. The predicted octanol–water partition coefficient (Wildman–Crippen LogP) is 2.09. The molecule has 0 saturated heterocycles. The number of hydrogen-bond acceptors (Lipinski definition) is 3. The van der Waals surface area contributed by atoms with Crippen LogP contribution in [0.25, 0.3) is 10.9 Å². The first-order valence-electron chi connectivity index (χ1n) is 7.38. The van der Waals surface area contributed by atoms with Crippen LogP contribution in [0.1, 0.15) is 19.4 Å². The molecule has 1 amide bonds. The maximum atomic E-state index is 12.3. The van der Waals surface area contributed by atoms with E-state index in [9.17, 15) is 9.59 Å². The number of nitrogens with zero attached hydrogens (tertiary/aromatic N) is 1. The molecule has 0 bridgehead atoms. The van der Waals surface area contributed by atoms with Crippen molar-refractivity contribution >= 4 is 16.8 Å². The Morgan fingerprint density at radius 2 is 2.09 bits per heavy atom. The Hall–Kier alpha value is -2.30. The molecule has 5 nitrogen and oxygen atoms in total. The summed E-state index contributed by atoms with van der Waals surface area (Å²) in [7, 11) is 1.56. The van der Waals surface area contributed by atoms with Gasteiger partial charge in [0.05, 0.1) is 12.6 Å². The quantitative estimate of drug-likeness (QED) is 0.920. The lowest BCUT2D eigenvalue weighted by Gasteiger charge is -2.15. The van der Waals surface area contributed by atoms with Gasteiger partial charge in [0, 0.05) is 18.0 Å². The van der Waals surface area contributed by atoms with Gasteiger partial charge in [-0.2, -0.15) is 0 Å². The second-order valence-corrected chi connectivity index (χ2v) is 5.81. The van der Waals surface area contributed by atoms with E-state index in [2.05, 4.69) is 5.32 Å². The van der Waals surface area contributed by atoms with E-state index < -0.39 is 0 Å². The lowest BCUT2D eigenvalue weighted by atomic mass is 10.1. The summed E-state index contributed by atoms with van der Waals surface area (Å²) in [6.07, 6.45) is 0. The van der Waals surface area contributed by atoms with Crippen LogP contribution < -0.4 is 15.6 Å². The zero-order valence-electron chi connectivity index (χ0n) is 13.5. The smallest absolute Gasteiger partial charge is 0.251 e. The molecular weight excluding hydrogens is 280 g/mol. The second kappa shape index (κ2) is 6.64. The first kappa shape index (κ1) is 16.1. The topological polar surface area (TPSA) is 60.3 Å². The number of aromatic nitrogens is 1. The van der Waals surface area contributed by atoms with E-state index in [0.717, 1.165) is 10.9 Å². The highest BCUT2D eigenvalue weighted by molar-refractivity contribution is 5.89. The third kappa shape index (κ3) is 3.30. The highest BCUT2D eigenvalue weighted by Crippen LogP contribution is 2.26. The zero-order chi connectivity index (χ0) is 16.3. The van der Waals surface area contributed by atoms with Crippen molar-refractivity contribution in [2.45, 2.75) is 27.3 Å². The van der Waals surface area contributed by atoms with Crippen molar-refractivity contribution in [3.63, 3.8) is 0 Å². The largest absolute Gasteiger partial charge is 0.495 e. The molecule has 0 saturated carbocycles. The number of rotatable bonds is 5. The number of carbonyl (C=O) groups excluding carboxylic acids is 1. The molecule has 22 heavy (non-hydrogen) atoms. The Labute approximate surface area is 129 Å². The van der Waals surface area contributed by atoms with Crippen LogP contribution in [0.5, 0.6) is 5.75 Å². The molecule has 0 spiro atoms. The Kier molecular flexibility index (Phi) is 4.85. The maximum Gasteiger partial charge on any atom is 0.251 e. The third-order valence-corrected chi connectivity index (χ3v) is 3.53. The number of nitrogens with one attached hydrogen (secondary N) is 1. The number of ether oxygens (including phenoxy) is 1. The fourth-order valence-corrected chi connectivity index (χ4v) is 2.41. The monoisotopic (exact) mass is 302 g/mol. The maximum absolute atomic E-state index is 12.3. The minimum absolute atomic E-state index is 0.0112. The molecule has 1 aromatic heterocycles. The van der Waals surface area contributed by atoms with E-state index in [0.29, 0.717) is 23.7 Å². The molecule has 5 heteroatoms. The SMILES string of the molecule is COc1cccc2c(C)cc(=O)n(CC(=O)NCC(C)C)c12. The normalized spacial score (nSPS) is 11.0. The van der Waals surface area contributed by atoms with Crippen LogP contribution in [0.3, 0.4) is 0 Å². The van der Waals surface area contributed by atoms with Crippen molar-refractivity contribution in [3.8, 4) is 5.75 Å². The molecule has 0 radical (unpaired) electrons. The second-order valence-electron chi connectivity index (χ2n) is 5.81. The summed E-state index contributed by atoms with van der Waals surface area (Å²) in [5.74, 6) is 0.784. The van der Waals surface area contributed by atoms with E-state index in [4.69, 9.17) is 4.74 Å². The van der Waals surface area contributed by atoms with Gasteiger partial charge < -0.3 is 10.1 Å². The summed E-state index contributed by atoms with van der Waals surface area (Å²) in [5, 5.41) is 3.75. The number of para-hydroxylation sites is 1. The minimum Gasteiger partial charge on any atom is -0.495 e. The van der Waals surface area contributed by atoms with Gasteiger partial charge in [-0.1, -0.05) is 26.0 Å². The highest BCUT2D eigenvalue weighted by Gasteiger charge is 2.13. The summed E-state index contributed by atoms with van der Waals surface area (Å²) in [6, 6.07) is 7.15. The highest BCUT2D eigenvalue weighted by atomic mass is 16.5. The van der Waals surface area contributed by atoms with Gasteiger partial charge in [0.2, 0.25) is 5.91 Å². The Morgan fingerprint density at radius 3 is 2.73 bits per heavy atom. The number of methoxy groups -OCH3 is 1. The summed E-state index contributed by atoms with van der Waals surface area (Å²) in [5.41, 5.74) is 1.33. The summed E-state index contributed by atoms with van der Waals surface area (Å²) in [6.45, 7) is 6.51. The molecule has 0 unspecified atom stereocenters. The molecule has 118 valence electrons. The Balaban J connectivity index is 2.49. The average molecular weight is 302 g/mol. The third-order valence-electron chi connectivity index (χ3n) is 3.53. The molecule has 0 aliphatic rings. The van der Waals surface area contributed by atoms with Crippen LogP contribution >= 0.6 is 0 Å². The van der Waals surface area contributed by atoms with Crippen LogP contribution in [-0.2, 0) is 11.3 Å². The number of fused-ring (bicyclic) bond motifs is 1. The van der Waals surface area contributed by atoms with Gasteiger partial charge in [0.15, 0.2) is 0 Å². The van der Waals surface area contributed by atoms with Crippen LogP contribution in [0.15, 0.2) is 29.1 Å². The van der Waals surface area contributed by atoms with Crippen LogP contribution in [0.4, 0.5) is 0 Å². The Morgan fingerprint density at radius 1 is 1.36 bits per heavy atom. The van der Waals surface area contributed by atoms with Crippen LogP contribution in [0, 0.1) is 12.8 Å². The minimum atomic E-state index is -0.200. The van der Waals surface area contributed by atoms with Gasteiger partial charge in [-0.3, -0.25) is 14.2 Å². The molecule has 0 atom stereocenters. The van der Waals surface area contributed by atoms with E-state index in [1.54, 1.807) is 19.2 Å². The van der Waals surface area contributed by atoms with Crippen molar-refractivity contribution in [3.05, 3.63) is 40.2 Å². The first-order chi connectivity index (χ1) is 10.4. The van der Waals surface area contributed by atoms with Gasteiger partial charge in [-0.25, -0.2) is 0 Å². The van der Waals surface area contributed by atoms with Gasteiger partial charge in [-0.15, -0.1) is 0 Å². The van der Waals surface area contributed by atoms with Crippen molar-refractivity contribution < 1.29 is 9.53 Å². The summed E-state index contributed by atoms with van der Waals surface area (Å²) < 4.78 is 6.84. The number of pyridine rings is 1. The molecule has 2 rings (SSSR count). The molecular formula is C17H22N2O3. The number of hydrogen-bond donors (Lipinski definition) is 1. The lowest BCUT2D eigenvalue weighted by Crippen LogP contribution is -2.34. The van der Waals surface area contributed by atoms with Crippen molar-refractivity contribution in [1.82, 2.24) is 9.88 Å². The zero-order valence-corrected chi connectivity index (χ0v) is 13.5. The van der Waals surface area contributed by atoms with Crippen molar-refractivity contribution in [2.24, 2.45) is 5.92 Å². The fraction of sp³-hybridized carbons (Fsp3) is 0.412. The Bertz CT molecular complexity index is 747. The van der Waals surface area contributed by atoms with E-state index >= 15 is 0 Å². The van der Waals surface area contributed by atoms with Crippen molar-refractivity contribution in [2.75, 3.05) is 13.7 Å². The lowest BCUT2D eigenvalue weighted by molar-refractivity contribution is -0.121. The molecule has 0 aliphatic heterocycles. The first-order valence-corrected chi connectivity index (χ1v) is 7.38. The number of carbonyl (C=O) groups is 1. The number of amides is 1. The van der Waals surface area contributed by atoms with Crippen molar-refractivity contribution in [1.29, 1.82) is 0 Å². The van der Waals surface area contributed by atoms with Crippen LogP contribution in [0.2, 0.25) is 0 Å². The standard InChI is InChI=1S/C17H22N2O3/c1-11(2)9-18-15(20)10-19-16(21)8-12(3)13-6-5-7-14(22-4)17(13)19/h5-8,11H,9-10H2,1-4H3,(H,18,20). The van der Waals surface area contributed by atoms with Crippen LogP contribution in [-0.4, -0.2) is 24.1 Å². The van der Waals surface area contributed by atoms with Gasteiger partial charge in [0.1, 0.15) is 12.3 Å². The predicted molar refractivity (Wildman–Crippen MR) is 87.3 cm³/mol. The summed E-state index contributed by atoms with van der Waals surface area (Å²) >= 11 is 0. The molecule has 0 fully saturated rings. The molecule has 2 aromatic rings. The van der Waals surface area contributed by atoms with E-state index in [-0.39, 0.29) is 18.0 Å². The van der Waals surface area contributed by atoms with E-state index in [1.807, 2.05) is 32.9 Å². The molecule has 0 aliphatic carbocycles. The van der Waals surface area contributed by atoms with E-state index in [1.165, 1.54) is 4.57 Å². The van der Waals surface area contributed by atoms with Gasteiger partial charge in [-0.05, 0) is 24.5 Å². The number of aryl methyl sites for hydroxylation is 1. The fourth-order valence-electron chi connectivity index (χ4n) is 2.41. The van der Waals surface area contributed by atoms with Gasteiger partial charge in [0.25, 0.3) is 5.56 Å². The van der Waals surface area contributed by atoms with Gasteiger partial charge >= 0.3 is 0 Å². The summed E-state index contributed by atoms with van der Waals surface area (Å²) in [4.78, 5) is 24.4. The number of benzene rings is 1. The average Bonchev–Trinajstić information content (AvgIpc) is 2.48.